The summed E-state index contributed by atoms with van der Waals surface area (Å²) in [4.78, 5) is 34.6. The summed E-state index contributed by atoms with van der Waals surface area (Å²) in [7, 11) is 0. The van der Waals surface area contributed by atoms with Crippen molar-refractivity contribution in [2.75, 3.05) is 6.61 Å². The fourth-order valence-electron chi connectivity index (χ4n) is 2.41. The van der Waals surface area contributed by atoms with Gasteiger partial charge in [-0.25, -0.2) is 14.0 Å². The molecule has 0 unspecified atom stereocenters. The highest BCUT2D eigenvalue weighted by Crippen LogP contribution is 2.17. The smallest absolute Gasteiger partial charge is 0.331 e. The number of halogens is 1. The summed E-state index contributed by atoms with van der Waals surface area (Å²) in [5, 5.41) is 4.79. The van der Waals surface area contributed by atoms with Gasteiger partial charge in [-0.1, -0.05) is 25.0 Å². The van der Waals surface area contributed by atoms with Gasteiger partial charge in [-0.15, -0.1) is 0 Å². The van der Waals surface area contributed by atoms with Crippen LogP contribution in [0.3, 0.4) is 0 Å². The highest BCUT2D eigenvalue weighted by molar-refractivity contribution is 5.96. The number of hydrogen-bond acceptors (Lipinski definition) is 4. The average Bonchev–Trinajstić information content (AvgIpc) is 3.03. The SMILES string of the molecule is O=C(COC(=O)/C=C/c1cccc(F)c1)NC(=O)NC1CCCC1. The van der Waals surface area contributed by atoms with Crippen molar-refractivity contribution in [2.45, 2.75) is 31.7 Å². The predicted molar refractivity (Wildman–Crippen MR) is 85.3 cm³/mol. The summed E-state index contributed by atoms with van der Waals surface area (Å²) in [5.74, 6) is -1.89. The molecule has 0 atom stereocenters. The largest absolute Gasteiger partial charge is 0.452 e. The molecule has 1 aliphatic rings. The van der Waals surface area contributed by atoms with Gasteiger partial charge in [0, 0.05) is 12.1 Å². The molecule has 128 valence electrons. The number of amides is 3. The average molecular weight is 334 g/mol. The Kier molecular flexibility index (Phi) is 6.48. The molecule has 1 saturated carbocycles. The monoisotopic (exact) mass is 334 g/mol. The van der Waals surface area contributed by atoms with Gasteiger partial charge in [0.25, 0.3) is 5.91 Å². The van der Waals surface area contributed by atoms with E-state index >= 15 is 0 Å². The van der Waals surface area contributed by atoms with Crippen molar-refractivity contribution in [3.63, 3.8) is 0 Å². The Morgan fingerprint density at radius 3 is 2.71 bits per heavy atom. The van der Waals surface area contributed by atoms with Gasteiger partial charge in [0.05, 0.1) is 0 Å². The molecule has 3 amide bonds. The molecule has 0 aromatic heterocycles. The second-order valence-corrected chi connectivity index (χ2v) is 5.50. The Labute approximate surface area is 139 Å². The van der Waals surface area contributed by atoms with Crippen LogP contribution in [0.5, 0.6) is 0 Å². The zero-order chi connectivity index (χ0) is 17.4. The van der Waals surface area contributed by atoms with Crippen molar-refractivity contribution in [1.82, 2.24) is 10.6 Å². The van der Waals surface area contributed by atoms with Gasteiger partial charge in [0.15, 0.2) is 6.61 Å². The Balaban J connectivity index is 1.68. The van der Waals surface area contributed by atoms with E-state index in [-0.39, 0.29) is 6.04 Å². The topological polar surface area (TPSA) is 84.5 Å². The summed E-state index contributed by atoms with van der Waals surface area (Å²) in [6.07, 6.45) is 6.39. The number of urea groups is 1. The van der Waals surface area contributed by atoms with Crippen molar-refractivity contribution in [2.24, 2.45) is 0 Å². The number of imide groups is 1. The van der Waals surface area contributed by atoms with Gasteiger partial charge in [0.2, 0.25) is 0 Å². The van der Waals surface area contributed by atoms with Gasteiger partial charge >= 0.3 is 12.0 Å². The summed E-state index contributed by atoms with van der Waals surface area (Å²) in [6, 6.07) is 5.18. The van der Waals surface area contributed by atoms with E-state index in [0.717, 1.165) is 31.8 Å². The number of nitrogens with one attached hydrogen (secondary N) is 2. The molecule has 7 heteroatoms. The maximum atomic E-state index is 13.0. The standard InChI is InChI=1S/C17H19FN2O4/c18-13-5-3-4-12(10-13)8-9-16(22)24-11-15(21)20-17(23)19-14-6-1-2-7-14/h3-5,8-10,14H,1-2,6-7,11H2,(H2,19,20,21,23)/b9-8+. The van der Waals surface area contributed by atoms with Crippen LogP contribution in [0, 0.1) is 5.82 Å². The lowest BCUT2D eigenvalue weighted by molar-refractivity contribution is -0.143. The quantitative estimate of drug-likeness (QED) is 0.638. The third kappa shape index (κ3) is 6.20. The molecule has 1 aliphatic carbocycles. The molecule has 0 radical (unpaired) electrons. The minimum Gasteiger partial charge on any atom is -0.452 e. The van der Waals surface area contributed by atoms with Gasteiger partial charge in [-0.2, -0.15) is 0 Å². The third-order valence-electron chi connectivity index (χ3n) is 3.55. The Morgan fingerprint density at radius 1 is 1.25 bits per heavy atom. The molecule has 0 aliphatic heterocycles. The normalized spacial score (nSPS) is 14.5. The van der Waals surface area contributed by atoms with Crippen LogP contribution in [0.2, 0.25) is 0 Å². The van der Waals surface area contributed by atoms with Gasteiger partial charge in [-0.05, 0) is 36.6 Å². The van der Waals surface area contributed by atoms with Crippen LogP contribution in [0.4, 0.5) is 9.18 Å². The van der Waals surface area contributed by atoms with Crippen molar-refractivity contribution in [3.8, 4) is 0 Å². The third-order valence-corrected chi connectivity index (χ3v) is 3.55. The molecule has 1 aromatic carbocycles. The van der Waals surface area contributed by atoms with Crippen molar-refractivity contribution in [3.05, 3.63) is 41.7 Å². The number of hydrogen-bond donors (Lipinski definition) is 2. The van der Waals surface area contributed by atoms with E-state index in [2.05, 4.69) is 10.6 Å². The highest BCUT2D eigenvalue weighted by Gasteiger charge is 2.18. The molecular weight excluding hydrogens is 315 g/mol. The van der Waals surface area contributed by atoms with Crippen LogP contribution in [0.1, 0.15) is 31.2 Å². The Hall–Kier alpha value is -2.70. The molecule has 2 N–H and O–H groups in total. The van der Waals surface area contributed by atoms with E-state index in [1.54, 1.807) is 6.07 Å². The van der Waals surface area contributed by atoms with E-state index in [9.17, 15) is 18.8 Å². The summed E-state index contributed by atoms with van der Waals surface area (Å²) >= 11 is 0. The highest BCUT2D eigenvalue weighted by atomic mass is 19.1. The van der Waals surface area contributed by atoms with Crippen LogP contribution in [0.15, 0.2) is 30.3 Å². The van der Waals surface area contributed by atoms with Crippen molar-refractivity contribution < 1.29 is 23.5 Å². The van der Waals surface area contributed by atoms with Crippen molar-refractivity contribution >= 4 is 24.0 Å². The zero-order valence-corrected chi connectivity index (χ0v) is 13.1. The molecule has 1 aromatic rings. The molecule has 0 spiro atoms. The summed E-state index contributed by atoms with van der Waals surface area (Å²) in [5.41, 5.74) is 0.493. The number of carbonyl (C=O) groups is 3. The fraction of sp³-hybridized carbons (Fsp3) is 0.353. The maximum absolute atomic E-state index is 13.0. The van der Waals surface area contributed by atoms with Crippen LogP contribution in [-0.2, 0) is 14.3 Å². The van der Waals surface area contributed by atoms with Crippen LogP contribution < -0.4 is 10.6 Å². The summed E-state index contributed by atoms with van der Waals surface area (Å²) < 4.78 is 17.7. The van der Waals surface area contributed by atoms with E-state index in [4.69, 9.17) is 4.74 Å². The predicted octanol–water partition coefficient (Wildman–Crippen LogP) is 2.15. The lowest BCUT2D eigenvalue weighted by atomic mass is 10.2. The molecular formula is C17H19FN2O4. The molecule has 2 rings (SSSR count). The Morgan fingerprint density at radius 2 is 2.00 bits per heavy atom. The van der Waals surface area contributed by atoms with Gasteiger partial charge < -0.3 is 10.1 Å². The van der Waals surface area contributed by atoms with Crippen LogP contribution in [-0.4, -0.2) is 30.6 Å². The second-order valence-electron chi connectivity index (χ2n) is 5.50. The number of esters is 1. The van der Waals surface area contributed by atoms with Gasteiger partial charge in [0.1, 0.15) is 5.82 Å². The van der Waals surface area contributed by atoms with E-state index in [1.807, 2.05) is 0 Å². The van der Waals surface area contributed by atoms with E-state index in [0.29, 0.717) is 5.56 Å². The number of rotatable bonds is 5. The van der Waals surface area contributed by atoms with Crippen molar-refractivity contribution in [1.29, 1.82) is 0 Å². The molecule has 0 saturated heterocycles. The molecule has 0 bridgehead atoms. The zero-order valence-electron chi connectivity index (χ0n) is 13.1. The lowest BCUT2D eigenvalue weighted by Gasteiger charge is -2.12. The first-order chi connectivity index (χ1) is 11.5. The fourth-order valence-corrected chi connectivity index (χ4v) is 2.41. The molecule has 6 nitrogen and oxygen atoms in total. The molecule has 0 heterocycles. The minimum atomic E-state index is -0.759. The summed E-state index contributed by atoms with van der Waals surface area (Å²) in [6.45, 7) is -0.565. The maximum Gasteiger partial charge on any atom is 0.331 e. The van der Waals surface area contributed by atoms with Gasteiger partial charge in [-0.3, -0.25) is 10.1 Å². The lowest BCUT2D eigenvalue weighted by Crippen LogP contribution is -2.44. The number of carbonyl (C=O) groups excluding carboxylic acids is 3. The van der Waals surface area contributed by atoms with Crippen LogP contribution >= 0.6 is 0 Å². The molecule has 24 heavy (non-hydrogen) atoms. The van der Waals surface area contributed by atoms with E-state index < -0.39 is 30.3 Å². The number of benzene rings is 1. The minimum absolute atomic E-state index is 0.0922. The first-order valence-corrected chi connectivity index (χ1v) is 7.73. The number of ether oxygens (including phenoxy) is 1. The second kappa shape index (κ2) is 8.81. The Bertz CT molecular complexity index is 639. The van der Waals surface area contributed by atoms with Crippen LogP contribution in [0.25, 0.3) is 6.08 Å². The first-order valence-electron chi connectivity index (χ1n) is 7.73. The molecule has 1 fully saturated rings. The van der Waals surface area contributed by atoms with E-state index in [1.165, 1.54) is 24.3 Å². The first kappa shape index (κ1) is 17.7.